The maximum Gasteiger partial charge on any atom is 0.416 e. The fourth-order valence-electron chi connectivity index (χ4n) is 3.90. The molecule has 1 aliphatic carbocycles. The summed E-state index contributed by atoms with van der Waals surface area (Å²) in [6.07, 6.45) is -7.58. The topological polar surface area (TPSA) is 35.2 Å². The molecule has 0 aliphatic heterocycles. The Balaban J connectivity index is 1.80. The molecule has 0 aromatic heterocycles. The third kappa shape index (κ3) is 5.11. The molecule has 0 heterocycles. The van der Waals surface area contributed by atoms with Crippen LogP contribution in [0.2, 0.25) is 0 Å². The maximum absolute atomic E-state index is 13.0. The Kier molecular flexibility index (Phi) is 5.96. The Bertz CT molecular complexity index is 801. The van der Waals surface area contributed by atoms with Gasteiger partial charge in [-0.1, -0.05) is 30.3 Å². The zero-order valence-corrected chi connectivity index (χ0v) is 15.5. The molecule has 29 heavy (non-hydrogen) atoms. The van der Waals surface area contributed by atoms with E-state index in [0.717, 1.165) is 18.4 Å². The molecule has 0 radical (unpaired) electrons. The maximum atomic E-state index is 13.0. The zero-order valence-electron chi connectivity index (χ0n) is 15.5. The van der Waals surface area contributed by atoms with Gasteiger partial charge in [-0.2, -0.15) is 26.3 Å². The number of nitrogens with two attached hydrogens (primary N) is 1. The third-order valence-corrected chi connectivity index (χ3v) is 5.33. The summed E-state index contributed by atoms with van der Waals surface area (Å²) in [5, 5.41) is 0. The van der Waals surface area contributed by atoms with Gasteiger partial charge >= 0.3 is 12.4 Å². The van der Waals surface area contributed by atoms with Crippen molar-refractivity contribution in [3.8, 4) is 0 Å². The second-order valence-corrected chi connectivity index (χ2v) is 7.56. The van der Waals surface area contributed by atoms with E-state index in [1.54, 1.807) is 0 Å². The number of alkyl halides is 6. The standard InChI is InChI=1S/C21H21F6NO/c22-20(23,24)16-8-14(9-17(10-16)21(25,26)27)12-29-13-19(7-6-18(28)11-19)15-4-2-1-3-5-15/h1-5,8-10,18H,6-7,11-13,28H2/t18-,19-/m0/s1. The minimum atomic E-state index is -4.88. The van der Waals surface area contributed by atoms with Crippen molar-refractivity contribution in [1.82, 2.24) is 0 Å². The second-order valence-electron chi connectivity index (χ2n) is 7.56. The first-order valence-corrected chi connectivity index (χ1v) is 9.17. The summed E-state index contributed by atoms with van der Waals surface area (Å²) in [4.78, 5) is 0. The lowest BCUT2D eigenvalue weighted by Gasteiger charge is -2.30. The summed E-state index contributed by atoms with van der Waals surface area (Å²) >= 11 is 0. The molecule has 158 valence electrons. The molecule has 2 aromatic rings. The molecule has 3 rings (SSSR count). The Morgan fingerprint density at radius 3 is 2.00 bits per heavy atom. The molecule has 1 aliphatic rings. The molecule has 0 unspecified atom stereocenters. The van der Waals surface area contributed by atoms with Crippen LogP contribution in [-0.2, 0) is 29.1 Å². The Hall–Kier alpha value is -2.06. The molecular weight excluding hydrogens is 396 g/mol. The number of benzene rings is 2. The minimum Gasteiger partial charge on any atom is -0.376 e. The van der Waals surface area contributed by atoms with E-state index < -0.39 is 28.9 Å². The van der Waals surface area contributed by atoms with Crippen molar-refractivity contribution >= 4 is 0 Å². The number of ether oxygens (including phenoxy) is 1. The highest BCUT2D eigenvalue weighted by atomic mass is 19.4. The van der Waals surface area contributed by atoms with Gasteiger partial charge in [0.25, 0.3) is 0 Å². The van der Waals surface area contributed by atoms with Gasteiger partial charge in [-0.25, -0.2) is 0 Å². The Labute approximate surface area is 164 Å². The number of halogens is 6. The molecule has 0 amide bonds. The average Bonchev–Trinajstić information content (AvgIpc) is 3.03. The van der Waals surface area contributed by atoms with Crippen LogP contribution in [0.15, 0.2) is 48.5 Å². The number of rotatable bonds is 5. The molecule has 0 spiro atoms. The summed E-state index contributed by atoms with van der Waals surface area (Å²) < 4.78 is 83.7. The summed E-state index contributed by atoms with van der Waals surface area (Å²) in [6, 6.07) is 11.0. The van der Waals surface area contributed by atoms with Gasteiger partial charge in [0.15, 0.2) is 0 Å². The summed E-state index contributed by atoms with van der Waals surface area (Å²) in [5.74, 6) is 0. The summed E-state index contributed by atoms with van der Waals surface area (Å²) in [7, 11) is 0. The fourth-order valence-corrected chi connectivity index (χ4v) is 3.90. The molecule has 1 fully saturated rings. The lowest BCUT2D eigenvalue weighted by Crippen LogP contribution is -2.31. The van der Waals surface area contributed by atoms with Crippen LogP contribution in [0.3, 0.4) is 0 Å². The molecule has 0 saturated heterocycles. The van der Waals surface area contributed by atoms with Crippen molar-refractivity contribution < 1.29 is 31.1 Å². The van der Waals surface area contributed by atoms with Gasteiger partial charge in [-0.3, -0.25) is 0 Å². The van der Waals surface area contributed by atoms with Crippen LogP contribution in [0.1, 0.15) is 41.5 Å². The van der Waals surface area contributed by atoms with Crippen LogP contribution < -0.4 is 5.73 Å². The lowest BCUT2D eigenvalue weighted by molar-refractivity contribution is -0.143. The quantitative estimate of drug-likeness (QED) is 0.635. The predicted octanol–water partition coefficient (Wildman–Crippen LogP) is 5.69. The first kappa shape index (κ1) is 21.6. The Morgan fingerprint density at radius 2 is 1.52 bits per heavy atom. The van der Waals surface area contributed by atoms with E-state index in [9.17, 15) is 26.3 Å². The van der Waals surface area contributed by atoms with Gasteiger partial charge in [-0.15, -0.1) is 0 Å². The van der Waals surface area contributed by atoms with Crippen molar-refractivity contribution in [2.75, 3.05) is 6.61 Å². The average molecular weight is 417 g/mol. The smallest absolute Gasteiger partial charge is 0.376 e. The monoisotopic (exact) mass is 417 g/mol. The second kappa shape index (κ2) is 7.99. The van der Waals surface area contributed by atoms with Crippen molar-refractivity contribution in [2.24, 2.45) is 5.73 Å². The highest BCUT2D eigenvalue weighted by Gasteiger charge is 2.40. The highest BCUT2D eigenvalue weighted by Crippen LogP contribution is 2.41. The first-order valence-electron chi connectivity index (χ1n) is 9.17. The van der Waals surface area contributed by atoms with Crippen LogP contribution in [0, 0.1) is 0 Å². The highest BCUT2D eigenvalue weighted by molar-refractivity contribution is 5.33. The normalized spacial score (nSPS) is 22.8. The van der Waals surface area contributed by atoms with E-state index in [4.69, 9.17) is 10.5 Å². The summed E-state index contributed by atoms with van der Waals surface area (Å²) in [5.41, 5.74) is 3.82. The van der Waals surface area contributed by atoms with Crippen molar-refractivity contribution in [3.05, 3.63) is 70.8 Å². The Morgan fingerprint density at radius 1 is 0.931 bits per heavy atom. The summed E-state index contributed by atoms with van der Waals surface area (Å²) in [6.45, 7) is -0.181. The van der Waals surface area contributed by atoms with Crippen LogP contribution in [-0.4, -0.2) is 12.6 Å². The molecule has 1 saturated carbocycles. The van der Waals surface area contributed by atoms with E-state index in [1.807, 2.05) is 30.3 Å². The van der Waals surface area contributed by atoms with Crippen LogP contribution >= 0.6 is 0 Å². The van der Waals surface area contributed by atoms with Crippen LogP contribution in [0.5, 0.6) is 0 Å². The lowest BCUT2D eigenvalue weighted by atomic mass is 9.79. The van der Waals surface area contributed by atoms with E-state index in [0.29, 0.717) is 18.6 Å². The molecule has 2 aromatic carbocycles. The molecule has 2 N–H and O–H groups in total. The largest absolute Gasteiger partial charge is 0.416 e. The van der Waals surface area contributed by atoms with E-state index in [1.165, 1.54) is 0 Å². The van der Waals surface area contributed by atoms with Crippen molar-refractivity contribution in [2.45, 2.75) is 49.7 Å². The van der Waals surface area contributed by atoms with Gasteiger partial charge in [0, 0.05) is 11.5 Å². The molecule has 2 nitrogen and oxygen atoms in total. The van der Waals surface area contributed by atoms with Crippen molar-refractivity contribution in [3.63, 3.8) is 0 Å². The fraction of sp³-hybridized carbons (Fsp3) is 0.429. The molecule has 2 atom stereocenters. The number of hydrogen-bond donors (Lipinski definition) is 1. The predicted molar refractivity (Wildman–Crippen MR) is 96.0 cm³/mol. The number of hydrogen-bond acceptors (Lipinski definition) is 2. The molecule has 0 bridgehead atoms. The van der Waals surface area contributed by atoms with Gasteiger partial charge in [0.05, 0.1) is 24.3 Å². The zero-order chi connectivity index (χ0) is 21.3. The van der Waals surface area contributed by atoms with Gasteiger partial charge in [0.1, 0.15) is 0 Å². The SMILES string of the molecule is N[C@H]1CC[C@](COCc2cc(C(F)(F)F)cc(C(F)(F)F)c2)(c2ccccc2)C1. The van der Waals surface area contributed by atoms with Crippen LogP contribution in [0.4, 0.5) is 26.3 Å². The minimum absolute atomic E-state index is 0.0239. The van der Waals surface area contributed by atoms with Gasteiger partial charge in [-0.05, 0) is 48.6 Å². The molecule has 8 heteroatoms. The van der Waals surface area contributed by atoms with Crippen LogP contribution in [0.25, 0.3) is 0 Å². The first-order chi connectivity index (χ1) is 13.5. The third-order valence-electron chi connectivity index (χ3n) is 5.33. The van der Waals surface area contributed by atoms with Crippen molar-refractivity contribution in [1.29, 1.82) is 0 Å². The van der Waals surface area contributed by atoms with Gasteiger partial charge < -0.3 is 10.5 Å². The van der Waals surface area contributed by atoms with Gasteiger partial charge in [0.2, 0.25) is 0 Å². The molecular formula is C21H21F6NO. The van der Waals surface area contributed by atoms with E-state index >= 15 is 0 Å². The van der Waals surface area contributed by atoms with E-state index in [-0.39, 0.29) is 30.9 Å². The van der Waals surface area contributed by atoms with E-state index in [2.05, 4.69) is 0 Å².